The van der Waals surface area contributed by atoms with Gasteiger partial charge in [-0.25, -0.2) is 0 Å². The molecule has 0 atom stereocenters. The van der Waals surface area contributed by atoms with Gasteiger partial charge in [-0.3, -0.25) is 0 Å². The lowest BCUT2D eigenvalue weighted by molar-refractivity contribution is 0.660. The molecule has 1 aliphatic carbocycles. The summed E-state index contributed by atoms with van der Waals surface area (Å²) >= 11 is 0. The molecule has 0 spiro atoms. The summed E-state index contributed by atoms with van der Waals surface area (Å²) in [5, 5.41) is 2.44. The van der Waals surface area contributed by atoms with Gasteiger partial charge >= 0.3 is 0 Å². The number of rotatable bonds is 5. The molecule has 2 aliphatic heterocycles. The molecular weight excluding hydrogens is 751 g/mol. The van der Waals surface area contributed by atoms with Crippen LogP contribution in [-0.2, 0) is 5.41 Å². The van der Waals surface area contributed by atoms with Crippen molar-refractivity contribution in [1.29, 1.82) is 0 Å². The molecule has 0 bridgehead atoms. The van der Waals surface area contributed by atoms with Gasteiger partial charge in [0.1, 0.15) is 0 Å². The Bertz CT molecular complexity index is 3200. The first-order valence-electron chi connectivity index (χ1n) is 21.5. The molecule has 0 N–H and O–H groups in total. The Balaban J connectivity index is 0.896. The summed E-state index contributed by atoms with van der Waals surface area (Å²) in [5.41, 5.74) is 20.4. The van der Waals surface area contributed by atoms with Gasteiger partial charge in [0.05, 0.1) is 39.8 Å². The molecule has 0 saturated carbocycles. The molecule has 9 aromatic carbocycles. The van der Waals surface area contributed by atoms with Crippen molar-refractivity contribution in [3.63, 3.8) is 0 Å². The van der Waals surface area contributed by atoms with Gasteiger partial charge < -0.3 is 14.7 Å². The Hall–Kier alpha value is -7.88. The largest absolute Gasteiger partial charge is 0.309 e. The topological polar surface area (TPSA) is 9.72 Å². The van der Waals surface area contributed by atoms with Gasteiger partial charge in [-0.05, 0) is 117 Å². The Morgan fingerprint density at radius 2 is 0.855 bits per heavy atom. The van der Waals surface area contributed by atoms with Crippen molar-refractivity contribution in [2.24, 2.45) is 0 Å². The van der Waals surface area contributed by atoms with E-state index in [0.29, 0.717) is 0 Å². The van der Waals surface area contributed by atoms with Crippen LogP contribution in [0.1, 0.15) is 47.2 Å². The van der Waals surface area contributed by atoms with Crippen LogP contribution in [0.15, 0.2) is 200 Å². The highest BCUT2D eigenvalue weighted by Gasteiger charge is 2.37. The lowest BCUT2D eigenvalue weighted by atomic mass is 9.81. The molecule has 294 valence electrons. The summed E-state index contributed by atoms with van der Waals surface area (Å²) in [5.74, 6) is 0. The number of fused-ring (bicyclic) bond motifs is 8. The Morgan fingerprint density at radius 3 is 1.50 bits per heavy atom. The van der Waals surface area contributed by atoms with Crippen molar-refractivity contribution in [2.45, 2.75) is 19.3 Å². The van der Waals surface area contributed by atoms with Crippen molar-refractivity contribution in [3.05, 3.63) is 234 Å². The van der Waals surface area contributed by atoms with Gasteiger partial charge in [-0.2, -0.15) is 0 Å². The van der Waals surface area contributed by atoms with Crippen molar-refractivity contribution >= 4 is 86.3 Å². The van der Waals surface area contributed by atoms with Gasteiger partial charge in [-0.1, -0.05) is 172 Å². The van der Waals surface area contributed by atoms with E-state index in [1.165, 1.54) is 72.3 Å². The third-order valence-corrected chi connectivity index (χ3v) is 13.1. The Morgan fingerprint density at radius 1 is 0.355 bits per heavy atom. The minimum Gasteiger partial charge on any atom is -0.309 e. The maximum atomic E-state index is 2.44. The van der Waals surface area contributed by atoms with E-state index in [4.69, 9.17) is 0 Å². The molecule has 0 unspecified atom stereocenters. The number of anilines is 9. The average molecular weight is 794 g/mol. The zero-order valence-corrected chi connectivity index (χ0v) is 34.7. The van der Waals surface area contributed by atoms with Crippen LogP contribution >= 0.6 is 0 Å². The number of benzene rings is 9. The van der Waals surface area contributed by atoms with E-state index in [1.54, 1.807) is 0 Å². The second-order valence-corrected chi connectivity index (χ2v) is 17.0. The molecule has 0 saturated heterocycles. The van der Waals surface area contributed by atoms with Crippen molar-refractivity contribution in [1.82, 2.24) is 0 Å². The second kappa shape index (κ2) is 14.1. The van der Waals surface area contributed by atoms with E-state index < -0.39 is 0 Å². The van der Waals surface area contributed by atoms with Crippen molar-refractivity contribution in [2.75, 3.05) is 14.7 Å². The summed E-state index contributed by atoms with van der Waals surface area (Å²) < 4.78 is 0. The van der Waals surface area contributed by atoms with Crippen LogP contribution in [0.25, 0.3) is 46.2 Å². The van der Waals surface area contributed by atoms with E-state index in [1.807, 2.05) is 0 Å². The molecule has 0 radical (unpaired) electrons. The smallest absolute Gasteiger partial charge is 0.0703 e. The molecule has 62 heavy (non-hydrogen) atoms. The van der Waals surface area contributed by atoms with Crippen LogP contribution in [0.4, 0.5) is 51.2 Å². The summed E-state index contributed by atoms with van der Waals surface area (Å²) in [6.07, 6.45) is 9.04. The zero-order chi connectivity index (χ0) is 41.4. The summed E-state index contributed by atoms with van der Waals surface area (Å²) in [6.45, 7) is 4.76. The normalized spacial score (nSPS) is 14.2. The summed E-state index contributed by atoms with van der Waals surface area (Å²) in [4.78, 5) is 7.25. The lowest BCUT2D eigenvalue weighted by Crippen LogP contribution is -2.24. The molecule has 12 rings (SSSR count). The molecule has 0 aromatic heterocycles. The summed E-state index contributed by atoms with van der Waals surface area (Å²) in [6, 6.07) is 73.0. The lowest BCUT2D eigenvalue weighted by Gasteiger charge is -2.40. The number of hydrogen-bond acceptors (Lipinski definition) is 3. The molecule has 0 fully saturated rings. The van der Waals surface area contributed by atoms with Gasteiger partial charge in [0.15, 0.2) is 0 Å². The van der Waals surface area contributed by atoms with Crippen LogP contribution in [-0.4, -0.2) is 0 Å². The molecule has 3 heteroatoms. The minimum absolute atomic E-state index is 0.196. The van der Waals surface area contributed by atoms with Crippen LogP contribution in [0, 0.1) is 0 Å². The van der Waals surface area contributed by atoms with Crippen molar-refractivity contribution in [3.8, 4) is 11.1 Å². The molecule has 3 aliphatic rings. The van der Waals surface area contributed by atoms with Crippen LogP contribution in [0.5, 0.6) is 0 Å². The third-order valence-electron chi connectivity index (χ3n) is 13.1. The quantitative estimate of drug-likeness (QED) is 0.161. The molecule has 3 nitrogen and oxygen atoms in total. The first-order valence-corrected chi connectivity index (χ1v) is 21.5. The highest BCUT2D eigenvalue weighted by molar-refractivity contribution is 6.06. The highest BCUT2D eigenvalue weighted by Crippen LogP contribution is 2.56. The zero-order valence-electron chi connectivity index (χ0n) is 34.7. The number of nitrogens with zero attached hydrogens (tertiary/aromatic N) is 3. The van der Waals surface area contributed by atoms with Crippen LogP contribution in [0.3, 0.4) is 0 Å². The predicted molar refractivity (Wildman–Crippen MR) is 263 cm³/mol. The van der Waals surface area contributed by atoms with Crippen LogP contribution in [0.2, 0.25) is 0 Å². The minimum atomic E-state index is -0.196. The van der Waals surface area contributed by atoms with Gasteiger partial charge in [0, 0.05) is 22.2 Å². The Labute approximate surface area is 363 Å². The first kappa shape index (κ1) is 36.0. The average Bonchev–Trinajstić information content (AvgIpc) is 3.42. The molecular formula is C59H43N3. The first-order chi connectivity index (χ1) is 30.5. The second-order valence-electron chi connectivity index (χ2n) is 17.0. The SMILES string of the molecule is CC1(C)c2cc(/C=C/c3cccc4c(N5c6ccccc6C=Cc6ccccc65)cccc34)ccc2-c2ccc(N3c4ccccc4N(c4ccccc4)c4ccccc43)cc21. The van der Waals surface area contributed by atoms with Crippen LogP contribution < -0.4 is 14.7 Å². The molecule has 9 aromatic rings. The Kier molecular flexibility index (Phi) is 8.20. The number of hydrogen-bond donors (Lipinski definition) is 0. The monoisotopic (exact) mass is 793 g/mol. The van der Waals surface area contributed by atoms with Crippen molar-refractivity contribution < 1.29 is 0 Å². The number of para-hydroxylation sites is 7. The predicted octanol–water partition coefficient (Wildman–Crippen LogP) is 16.5. The van der Waals surface area contributed by atoms with E-state index in [-0.39, 0.29) is 5.41 Å². The maximum Gasteiger partial charge on any atom is 0.0703 e. The fraction of sp³-hybridized carbons (Fsp3) is 0.0508. The third kappa shape index (κ3) is 5.59. The maximum absolute atomic E-state index is 2.44. The molecule has 2 heterocycles. The fourth-order valence-electron chi connectivity index (χ4n) is 10.1. The highest BCUT2D eigenvalue weighted by atomic mass is 15.3. The van der Waals surface area contributed by atoms with Gasteiger partial charge in [0.2, 0.25) is 0 Å². The van der Waals surface area contributed by atoms with Gasteiger partial charge in [-0.15, -0.1) is 0 Å². The standard InChI is InChI=1S/C59H43N3/c1-59(2)50-38-40(30-32-41-18-14-22-49-46(41)21-15-29-54(49)62-52-23-8-6-16-42(52)33-34-43-17-7-9-24-53(43)62)31-36-47(50)48-37-35-45(39-51(48)59)61-57-27-12-10-25-55(57)60(44-19-4-3-5-20-44)56-26-11-13-28-58(56)61/h3-39H,1-2H3/b32-30+. The van der Waals surface area contributed by atoms with E-state index in [2.05, 4.69) is 253 Å². The van der Waals surface area contributed by atoms with Gasteiger partial charge in [0.25, 0.3) is 0 Å². The van der Waals surface area contributed by atoms with E-state index >= 15 is 0 Å². The van der Waals surface area contributed by atoms with E-state index in [0.717, 1.165) is 34.1 Å². The fourth-order valence-corrected chi connectivity index (χ4v) is 10.1. The van der Waals surface area contributed by atoms with E-state index in [9.17, 15) is 0 Å². The molecule has 0 amide bonds. The summed E-state index contributed by atoms with van der Waals surface area (Å²) in [7, 11) is 0.